The molecule has 2 aromatic rings. The van der Waals surface area contributed by atoms with Crippen LogP contribution in [-0.4, -0.2) is 24.8 Å². The number of hydrogen-bond acceptors (Lipinski definition) is 4. The van der Waals surface area contributed by atoms with E-state index in [4.69, 9.17) is 0 Å². The standard InChI is InChI=1S/C17H17NO3S/c1-22(20,21)15-8-6-14(7-9-15)17(19)10-2-5-16(17)13-4-3-11-18-12-13/h3-9,11-12,19H,2,10H2,1H3. The summed E-state index contributed by atoms with van der Waals surface area (Å²) in [4.78, 5) is 4.36. The molecule has 0 spiro atoms. The van der Waals surface area contributed by atoms with Crippen molar-refractivity contribution in [1.29, 1.82) is 0 Å². The van der Waals surface area contributed by atoms with Gasteiger partial charge >= 0.3 is 0 Å². The lowest BCUT2D eigenvalue weighted by atomic mass is 9.84. The van der Waals surface area contributed by atoms with E-state index in [0.717, 1.165) is 17.6 Å². The third-order valence-corrected chi connectivity index (χ3v) is 5.16. The number of aliphatic hydroxyl groups is 1. The molecule has 3 rings (SSSR count). The Labute approximate surface area is 130 Å². The fraction of sp³-hybridized carbons (Fsp3) is 0.235. The van der Waals surface area contributed by atoms with Crippen LogP contribution in [0.25, 0.3) is 5.57 Å². The van der Waals surface area contributed by atoms with E-state index in [-0.39, 0.29) is 4.90 Å². The zero-order valence-electron chi connectivity index (χ0n) is 12.2. The van der Waals surface area contributed by atoms with Gasteiger partial charge in [0.05, 0.1) is 4.90 Å². The van der Waals surface area contributed by atoms with Crippen molar-refractivity contribution in [3.8, 4) is 0 Å². The van der Waals surface area contributed by atoms with Gasteiger partial charge in [-0.05, 0) is 47.7 Å². The van der Waals surface area contributed by atoms with Crippen LogP contribution in [0.1, 0.15) is 24.0 Å². The Morgan fingerprint density at radius 1 is 1.18 bits per heavy atom. The predicted octanol–water partition coefficient (Wildman–Crippen LogP) is 2.55. The van der Waals surface area contributed by atoms with Crippen LogP contribution in [0, 0.1) is 0 Å². The fourth-order valence-corrected chi connectivity index (χ4v) is 3.52. The molecule has 1 aromatic carbocycles. The normalized spacial score (nSPS) is 21.6. The lowest BCUT2D eigenvalue weighted by Crippen LogP contribution is -2.24. The van der Waals surface area contributed by atoms with Crippen molar-refractivity contribution in [3.05, 3.63) is 66.0 Å². The third-order valence-electron chi connectivity index (χ3n) is 4.03. The zero-order chi connectivity index (χ0) is 15.8. The van der Waals surface area contributed by atoms with Gasteiger partial charge in [-0.15, -0.1) is 0 Å². The molecule has 1 aliphatic carbocycles. The van der Waals surface area contributed by atoms with Crippen molar-refractivity contribution in [2.45, 2.75) is 23.3 Å². The van der Waals surface area contributed by atoms with E-state index in [9.17, 15) is 13.5 Å². The summed E-state index contributed by atoms with van der Waals surface area (Å²) in [6.07, 6.45) is 7.96. The highest BCUT2D eigenvalue weighted by Crippen LogP contribution is 2.44. The molecule has 0 amide bonds. The van der Waals surface area contributed by atoms with Crippen molar-refractivity contribution in [2.75, 3.05) is 6.26 Å². The SMILES string of the molecule is CS(=O)(=O)c1ccc(C2(O)CCC=C2c2cccnc2)cc1. The van der Waals surface area contributed by atoms with Gasteiger partial charge < -0.3 is 5.11 Å². The molecule has 1 aliphatic rings. The van der Waals surface area contributed by atoms with Crippen LogP contribution < -0.4 is 0 Å². The number of pyridine rings is 1. The number of nitrogens with zero attached hydrogens (tertiary/aromatic N) is 1. The van der Waals surface area contributed by atoms with Crippen molar-refractivity contribution in [3.63, 3.8) is 0 Å². The molecule has 22 heavy (non-hydrogen) atoms. The molecular formula is C17H17NO3S. The molecule has 1 unspecified atom stereocenters. The molecule has 1 atom stereocenters. The van der Waals surface area contributed by atoms with Crippen LogP contribution in [0.3, 0.4) is 0 Å². The maximum Gasteiger partial charge on any atom is 0.175 e. The fourth-order valence-electron chi connectivity index (χ4n) is 2.89. The van der Waals surface area contributed by atoms with Crippen LogP contribution in [0.15, 0.2) is 59.8 Å². The number of hydrogen-bond donors (Lipinski definition) is 1. The van der Waals surface area contributed by atoms with Gasteiger partial charge in [-0.1, -0.05) is 24.3 Å². The summed E-state index contributed by atoms with van der Waals surface area (Å²) >= 11 is 0. The first-order chi connectivity index (χ1) is 10.4. The molecule has 4 nitrogen and oxygen atoms in total. The Kier molecular flexibility index (Phi) is 3.62. The van der Waals surface area contributed by atoms with Gasteiger partial charge in [0.25, 0.3) is 0 Å². The summed E-state index contributed by atoms with van der Waals surface area (Å²) in [6, 6.07) is 10.2. The molecule has 114 valence electrons. The second-order valence-corrected chi connectivity index (χ2v) is 7.57. The average molecular weight is 315 g/mol. The number of sulfone groups is 1. The molecule has 0 fully saturated rings. The van der Waals surface area contributed by atoms with Gasteiger partial charge in [-0.2, -0.15) is 0 Å². The summed E-state index contributed by atoms with van der Waals surface area (Å²) in [6.45, 7) is 0. The Morgan fingerprint density at radius 3 is 2.50 bits per heavy atom. The minimum Gasteiger partial charge on any atom is -0.380 e. The van der Waals surface area contributed by atoms with Crippen LogP contribution in [0.5, 0.6) is 0 Å². The predicted molar refractivity (Wildman–Crippen MR) is 84.9 cm³/mol. The van der Waals surface area contributed by atoms with E-state index in [0.29, 0.717) is 12.0 Å². The first-order valence-corrected chi connectivity index (χ1v) is 8.94. The Hall–Kier alpha value is -1.98. The van der Waals surface area contributed by atoms with Crippen LogP contribution in [0.4, 0.5) is 0 Å². The summed E-state index contributed by atoms with van der Waals surface area (Å²) in [5, 5.41) is 11.1. The third kappa shape index (κ3) is 2.58. The van der Waals surface area contributed by atoms with Crippen molar-refractivity contribution in [2.24, 2.45) is 0 Å². The highest BCUT2D eigenvalue weighted by molar-refractivity contribution is 7.90. The molecule has 1 aromatic heterocycles. The molecular weight excluding hydrogens is 298 g/mol. The van der Waals surface area contributed by atoms with Crippen molar-refractivity contribution in [1.82, 2.24) is 4.98 Å². The highest BCUT2D eigenvalue weighted by Gasteiger charge is 2.37. The second-order valence-electron chi connectivity index (χ2n) is 5.55. The lowest BCUT2D eigenvalue weighted by molar-refractivity contribution is 0.0994. The van der Waals surface area contributed by atoms with Gasteiger partial charge in [0.1, 0.15) is 5.60 Å². The molecule has 1 N–H and O–H groups in total. The van der Waals surface area contributed by atoms with Crippen LogP contribution >= 0.6 is 0 Å². The van der Waals surface area contributed by atoms with Gasteiger partial charge in [-0.25, -0.2) is 8.42 Å². The minimum atomic E-state index is -3.23. The molecule has 0 saturated heterocycles. The van der Waals surface area contributed by atoms with Gasteiger partial charge in [0.15, 0.2) is 9.84 Å². The summed E-state index contributed by atoms with van der Waals surface area (Å²) in [5.41, 5.74) is 1.31. The smallest absolute Gasteiger partial charge is 0.175 e. The summed E-state index contributed by atoms with van der Waals surface area (Å²) < 4.78 is 23.1. The van der Waals surface area contributed by atoms with E-state index in [2.05, 4.69) is 4.98 Å². The first-order valence-electron chi connectivity index (χ1n) is 7.05. The van der Waals surface area contributed by atoms with E-state index >= 15 is 0 Å². The molecule has 0 saturated carbocycles. The van der Waals surface area contributed by atoms with Crippen molar-refractivity contribution < 1.29 is 13.5 Å². The Morgan fingerprint density at radius 2 is 1.91 bits per heavy atom. The Bertz CT molecular complexity index is 811. The summed E-state index contributed by atoms with van der Waals surface area (Å²) in [5.74, 6) is 0. The van der Waals surface area contributed by atoms with Crippen LogP contribution in [-0.2, 0) is 15.4 Å². The van der Waals surface area contributed by atoms with E-state index in [1.165, 1.54) is 6.26 Å². The van der Waals surface area contributed by atoms with Gasteiger partial charge in [-0.3, -0.25) is 4.98 Å². The number of benzene rings is 1. The number of rotatable bonds is 3. The molecule has 0 aliphatic heterocycles. The van der Waals surface area contributed by atoms with E-state index in [1.807, 2.05) is 18.2 Å². The maximum absolute atomic E-state index is 11.5. The molecule has 0 bridgehead atoms. The topological polar surface area (TPSA) is 67.3 Å². The maximum atomic E-state index is 11.5. The van der Waals surface area contributed by atoms with Crippen LogP contribution in [0.2, 0.25) is 0 Å². The monoisotopic (exact) mass is 315 g/mol. The minimum absolute atomic E-state index is 0.254. The quantitative estimate of drug-likeness (QED) is 0.945. The number of aromatic nitrogens is 1. The average Bonchev–Trinajstić information content (AvgIpc) is 2.91. The molecule has 5 heteroatoms. The molecule has 0 radical (unpaired) electrons. The second kappa shape index (κ2) is 5.34. The largest absolute Gasteiger partial charge is 0.380 e. The van der Waals surface area contributed by atoms with E-state index in [1.54, 1.807) is 36.7 Å². The summed E-state index contributed by atoms with van der Waals surface area (Å²) in [7, 11) is -3.23. The highest BCUT2D eigenvalue weighted by atomic mass is 32.2. The van der Waals surface area contributed by atoms with Crippen molar-refractivity contribution >= 4 is 15.4 Å². The molecule has 1 heterocycles. The lowest BCUT2D eigenvalue weighted by Gasteiger charge is -2.27. The Balaban J connectivity index is 2.01. The zero-order valence-corrected chi connectivity index (χ0v) is 13.0. The van der Waals surface area contributed by atoms with E-state index < -0.39 is 15.4 Å². The van der Waals surface area contributed by atoms with Gasteiger partial charge in [0.2, 0.25) is 0 Å². The number of allylic oxidation sites excluding steroid dienone is 1. The first kappa shape index (κ1) is 14.9. The van der Waals surface area contributed by atoms with Gasteiger partial charge in [0, 0.05) is 18.6 Å².